The number of carboxylic acids is 1. The van der Waals surface area contributed by atoms with E-state index in [9.17, 15) is 31.9 Å². The van der Waals surface area contributed by atoms with Crippen molar-refractivity contribution in [3.63, 3.8) is 0 Å². The number of nitrogens with zero attached hydrogens (tertiary/aromatic N) is 2. The number of amides is 1. The van der Waals surface area contributed by atoms with E-state index in [0.29, 0.717) is 23.2 Å². The molecule has 4 rings (SSSR count). The van der Waals surface area contributed by atoms with Gasteiger partial charge in [-0.2, -0.15) is 0 Å². The van der Waals surface area contributed by atoms with Gasteiger partial charge in [-0.05, 0) is 65.6 Å². The highest BCUT2D eigenvalue weighted by Gasteiger charge is 2.25. The van der Waals surface area contributed by atoms with Crippen molar-refractivity contribution >= 4 is 21.7 Å². The molecule has 3 aromatic carbocycles. The van der Waals surface area contributed by atoms with Crippen molar-refractivity contribution in [2.45, 2.75) is 25.1 Å². The summed E-state index contributed by atoms with van der Waals surface area (Å²) in [6, 6.07) is 14.3. The molecule has 1 heterocycles. The fourth-order valence-electron chi connectivity index (χ4n) is 4.13. The van der Waals surface area contributed by atoms with Crippen LogP contribution in [0.1, 0.15) is 28.4 Å². The van der Waals surface area contributed by atoms with Crippen molar-refractivity contribution in [3.8, 4) is 16.9 Å². The molecule has 0 saturated heterocycles. The van der Waals surface area contributed by atoms with Gasteiger partial charge in [0, 0.05) is 18.6 Å². The van der Waals surface area contributed by atoms with Gasteiger partial charge in [-0.1, -0.05) is 24.3 Å². The van der Waals surface area contributed by atoms with E-state index in [0.717, 1.165) is 6.26 Å². The van der Waals surface area contributed by atoms with Gasteiger partial charge in [-0.25, -0.2) is 27.0 Å². The molecule has 12 heteroatoms. The second-order valence-electron chi connectivity index (χ2n) is 9.41. The van der Waals surface area contributed by atoms with E-state index in [1.165, 1.54) is 42.5 Å². The summed E-state index contributed by atoms with van der Waals surface area (Å²) in [6.07, 6.45) is 4.95. The molecule has 0 fully saturated rings. The van der Waals surface area contributed by atoms with E-state index in [4.69, 9.17) is 4.74 Å². The number of benzene rings is 3. The van der Waals surface area contributed by atoms with Gasteiger partial charge in [-0.3, -0.25) is 4.79 Å². The van der Waals surface area contributed by atoms with Crippen LogP contribution in [0.5, 0.6) is 5.75 Å². The molecule has 41 heavy (non-hydrogen) atoms. The number of halogens is 2. The highest BCUT2D eigenvalue weighted by atomic mass is 32.2. The summed E-state index contributed by atoms with van der Waals surface area (Å²) in [6.45, 7) is 0.305. The molecule has 0 aliphatic heterocycles. The monoisotopic (exact) mass is 583 g/mol. The van der Waals surface area contributed by atoms with Crippen LogP contribution in [0.25, 0.3) is 11.1 Å². The largest absolute Gasteiger partial charge is 0.484 e. The Morgan fingerprint density at radius 1 is 1.02 bits per heavy atom. The lowest BCUT2D eigenvalue weighted by Gasteiger charge is -2.22. The zero-order chi connectivity index (χ0) is 29.6. The van der Waals surface area contributed by atoms with Crippen molar-refractivity contribution in [2.24, 2.45) is 0 Å². The maximum absolute atomic E-state index is 13.6. The molecular formula is C29H27F2N3O6S. The van der Waals surface area contributed by atoms with Crippen LogP contribution in [0.15, 0.2) is 85.5 Å². The average Bonchev–Trinajstić information content (AvgIpc) is 3.44. The molecule has 0 bridgehead atoms. The zero-order valence-corrected chi connectivity index (χ0v) is 22.7. The van der Waals surface area contributed by atoms with Crippen LogP contribution in [0, 0.1) is 11.6 Å². The van der Waals surface area contributed by atoms with Crippen molar-refractivity contribution in [2.75, 3.05) is 12.0 Å². The van der Waals surface area contributed by atoms with Crippen molar-refractivity contribution in [1.29, 1.82) is 0 Å². The average molecular weight is 584 g/mol. The van der Waals surface area contributed by atoms with Crippen molar-refractivity contribution in [1.82, 2.24) is 14.9 Å². The first-order valence-corrected chi connectivity index (χ1v) is 14.5. The summed E-state index contributed by atoms with van der Waals surface area (Å²) in [5.41, 5.74) is 1.54. The van der Waals surface area contributed by atoms with Gasteiger partial charge in [0.25, 0.3) is 5.91 Å². The van der Waals surface area contributed by atoms with E-state index in [-0.39, 0.29) is 17.7 Å². The second kappa shape index (κ2) is 12.7. The Morgan fingerprint density at radius 3 is 2.27 bits per heavy atom. The number of carbonyl (C=O) groups is 2. The smallest absolute Gasteiger partial charge is 0.326 e. The lowest BCUT2D eigenvalue weighted by molar-refractivity contribution is -0.139. The topological polar surface area (TPSA) is 128 Å². The molecule has 2 unspecified atom stereocenters. The number of rotatable bonds is 12. The van der Waals surface area contributed by atoms with Gasteiger partial charge in [0.1, 0.15) is 39.4 Å². The van der Waals surface area contributed by atoms with Gasteiger partial charge in [0.05, 0.1) is 24.2 Å². The fraction of sp³-hybridized carbons (Fsp3) is 0.207. The number of hydrogen-bond donors (Lipinski definition) is 2. The molecule has 1 aromatic heterocycles. The predicted octanol–water partition coefficient (Wildman–Crippen LogP) is 4.27. The molecule has 0 aliphatic rings. The van der Waals surface area contributed by atoms with E-state index >= 15 is 0 Å². The maximum Gasteiger partial charge on any atom is 0.326 e. The second-order valence-corrected chi connectivity index (χ2v) is 11.7. The molecule has 214 valence electrons. The van der Waals surface area contributed by atoms with Gasteiger partial charge >= 0.3 is 5.97 Å². The van der Waals surface area contributed by atoms with Crippen LogP contribution in [-0.4, -0.2) is 53.0 Å². The molecule has 1 amide bonds. The minimum absolute atomic E-state index is 0.0280. The molecule has 4 aromatic rings. The molecule has 9 nitrogen and oxygen atoms in total. The summed E-state index contributed by atoms with van der Waals surface area (Å²) in [4.78, 5) is 29.3. The Labute approximate surface area is 235 Å². The summed E-state index contributed by atoms with van der Waals surface area (Å²) < 4.78 is 58.4. The van der Waals surface area contributed by atoms with Crippen LogP contribution in [0.3, 0.4) is 0 Å². The van der Waals surface area contributed by atoms with Gasteiger partial charge in [0.15, 0.2) is 0 Å². The fourth-order valence-corrected chi connectivity index (χ4v) is 4.79. The Morgan fingerprint density at radius 2 is 1.68 bits per heavy atom. The summed E-state index contributed by atoms with van der Waals surface area (Å²) in [5.74, 6) is -3.27. The molecule has 0 saturated carbocycles. The third kappa shape index (κ3) is 8.21. The van der Waals surface area contributed by atoms with Gasteiger partial charge in [-0.15, -0.1) is 0 Å². The third-order valence-electron chi connectivity index (χ3n) is 6.23. The number of aliphatic carboxylic acids is 1. The number of aromatic nitrogens is 2. The highest BCUT2D eigenvalue weighted by Crippen LogP contribution is 2.31. The van der Waals surface area contributed by atoms with Crippen molar-refractivity contribution in [3.05, 3.63) is 108 Å². The minimum atomic E-state index is -3.48. The molecule has 0 aliphatic carbocycles. The van der Waals surface area contributed by atoms with Crippen LogP contribution in [0.2, 0.25) is 0 Å². The highest BCUT2D eigenvalue weighted by molar-refractivity contribution is 7.90. The van der Waals surface area contributed by atoms with Gasteiger partial charge < -0.3 is 19.7 Å². The summed E-state index contributed by atoms with van der Waals surface area (Å²) >= 11 is 0. The van der Waals surface area contributed by atoms with Crippen molar-refractivity contribution < 1.29 is 36.6 Å². The first-order valence-electron chi connectivity index (χ1n) is 12.5. The predicted molar refractivity (Wildman–Crippen MR) is 147 cm³/mol. The number of nitrogens with one attached hydrogen (secondary N) is 1. The first-order chi connectivity index (χ1) is 19.5. The van der Waals surface area contributed by atoms with E-state index in [1.807, 2.05) is 0 Å². The van der Waals surface area contributed by atoms with Crippen LogP contribution < -0.4 is 10.1 Å². The lowest BCUT2D eigenvalue weighted by atomic mass is 9.98. The normalized spacial score (nSPS) is 12.9. The standard InChI is InChI=1S/C29H27F2N3O6S/c1-41(38,39)15-12-26(29(36)37)33-28(35)25-16-23(10-11-24(25)19-2-6-21(30)7-3-19)40-27(17-34-14-13-32-18-34)20-4-8-22(31)9-5-20/h2-11,13-14,16,18,26-27H,12,15,17H2,1H3,(H,33,35)(H,36,37). The molecule has 2 N–H and O–H groups in total. The number of ether oxygens (including phenoxy) is 1. The van der Waals surface area contributed by atoms with Crippen LogP contribution in [-0.2, 0) is 21.2 Å². The van der Waals surface area contributed by atoms with E-state index in [1.54, 1.807) is 47.6 Å². The molecule has 2 atom stereocenters. The molecular weight excluding hydrogens is 556 g/mol. The zero-order valence-electron chi connectivity index (χ0n) is 21.9. The Balaban J connectivity index is 1.70. The Bertz CT molecular complexity index is 1610. The SMILES string of the molecule is CS(=O)(=O)CCC(NC(=O)c1cc(OC(Cn2ccnc2)c2ccc(F)cc2)ccc1-c1ccc(F)cc1)C(=O)O. The number of sulfone groups is 1. The number of imidazole rings is 1. The van der Waals surface area contributed by atoms with E-state index in [2.05, 4.69) is 10.3 Å². The van der Waals surface area contributed by atoms with E-state index < -0.39 is 51.2 Å². The minimum Gasteiger partial charge on any atom is -0.484 e. The summed E-state index contributed by atoms with van der Waals surface area (Å²) in [5, 5.41) is 12.0. The summed E-state index contributed by atoms with van der Waals surface area (Å²) in [7, 11) is -3.48. The Hall–Kier alpha value is -4.58. The molecule has 0 spiro atoms. The maximum atomic E-state index is 13.6. The number of hydrogen-bond acceptors (Lipinski definition) is 6. The quantitative estimate of drug-likeness (QED) is 0.255. The Kier molecular flexibility index (Phi) is 9.13. The van der Waals surface area contributed by atoms with Crippen LogP contribution in [0.4, 0.5) is 8.78 Å². The number of carboxylic acid groups (broad SMARTS) is 1. The van der Waals surface area contributed by atoms with Gasteiger partial charge in [0.2, 0.25) is 0 Å². The molecule has 0 radical (unpaired) electrons. The first kappa shape index (κ1) is 29.4. The van der Waals surface area contributed by atoms with Crippen LogP contribution >= 0.6 is 0 Å². The number of carbonyl (C=O) groups excluding carboxylic acids is 1. The third-order valence-corrected chi connectivity index (χ3v) is 7.20. The lowest BCUT2D eigenvalue weighted by Crippen LogP contribution is -2.42.